The number of hydrogen-bond acceptors (Lipinski definition) is 13. The monoisotopic (exact) mass is 874 g/mol. The van der Waals surface area contributed by atoms with E-state index in [4.69, 9.17) is 18.9 Å². The first-order chi connectivity index (χ1) is 29.1. The molecule has 17 heteroatoms. The molecule has 0 radical (unpaired) electrons. The molecule has 1 saturated heterocycles. The average Bonchev–Trinajstić information content (AvgIpc) is 3.23. The van der Waals surface area contributed by atoms with E-state index >= 15 is 0 Å². The van der Waals surface area contributed by atoms with Gasteiger partial charge in [0.1, 0.15) is 24.2 Å². The number of likely N-dealkylation sites (N-methyl/N-ethyl adjacent to an activating group) is 3. The van der Waals surface area contributed by atoms with Crippen LogP contribution in [0.3, 0.4) is 0 Å². The van der Waals surface area contributed by atoms with Crippen molar-refractivity contribution in [3.05, 3.63) is 35.9 Å². The van der Waals surface area contributed by atoms with Gasteiger partial charge >= 0.3 is 29.8 Å². The molecule has 0 saturated carbocycles. The number of carbonyl (C=O) groups is 8. The number of carboxylic acids is 1. The summed E-state index contributed by atoms with van der Waals surface area (Å²) >= 11 is 0. The van der Waals surface area contributed by atoms with Crippen molar-refractivity contribution in [2.45, 2.75) is 162 Å². The summed E-state index contributed by atoms with van der Waals surface area (Å²) in [7, 11) is 4.40. The molecule has 1 aliphatic rings. The van der Waals surface area contributed by atoms with Crippen molar-refractivity contribution >= 4 is 47.6 Å². The van der Waals surface area contributed by atoms with E-state index in [1.54, 1.807) is 37.4 Å². The first kappa shape index (κ1) is 53.1. The van der Waals surface area contributed by atoms with Gasteiger partial charge in [-0.05, 0) is 83.7 Å². The maximum absolute atomic E-state index is 14.3. The minimum absolute atomic E-state index is 0.0640. The summed E-state index contributed by atoms with van der Waals surface area (Å²) in [5.74, 6) is -6.89. The van der Waals surface area contributed by atoms with Crippen LogP contribution >= 0.6 is 0 Å². The Morgan fingerprint density at radius 1 is 0.742 bits per heavy atom. The zero-order chi connectivity index (χ0) is 46.8. The summed E-state index contributed by atoms with van der Waals surface area (Å²) in [6.07, 6.45) is -1.78. The molecular weight excluding hydrogens is 805 g/mol. The second-order valence-electron chi connectivity index (χ2n) is 16.9. The van der Waals surface area contributed by atoms with Gasteiger partial charge < -0.3 is 44.1 Å². The van der Waals surface area contributed by atoms with Crippen molar-refractivity contribution in [3.8, 4) is 0 Å². The Hall–Kier alpha value is -5.06. The molecule has 1 fully saturated rings. The Bertz CT molecular complexity index is 1670. The molecule has 17 nitrogen and oxygen atoms in total. The smallest absolute Gasteiger partial charge is 0.344 e. The Morgan fingerprint density at radius 2 is 1.26 bits per heavy atom. The standard InChI is InChI=1S/C45H70N4O13/c1-12-13-21-33(46-9)42(55)59-29(6)38(50)47(10)35(24-27(2)3)44(57)60-30(7)39(51)48(11)36(25-28(4)5)45(58)62-37(26-32-19-15-14-16-20-32)40(52)49-23-18-17-22-34(49)43(56)61-31(8)41(53)54/h14-16,19-20,27-31,33-37,46H,12-13,17-18,21-26H2,1-11H3,(H,53,54)/t29-,30-,31-,33+,34+,35+,36+,37-/m1/s1. The average molecular weight is 875 g/mol. The molecule has 0 aliphatic carbocycles. The molecule has 2 rings (SSSR count). The molecule has 1 heterocycles. The molecule has 0 bridgehead atoms. The van der Waals surface area contributed by atoms with Crippen molar-refractivity contribution in [2.75, 3.05) is 27.7 Å². The van der Waals surface area contributed by atoms with Crippen molar-refractivity contribution in [1.82, 2.24) is 20.0 Å². The van der Waals surface area contributed by atoms with Crippen LogP contribution in [0.4, 0.5) is 0 Å². The predicted molar refractivity (Wildman–Crippen MR) is 228 cm³/mol. The number of amides is 3. The van der Waals surface area contributed by atoms with Gasteiger partial charge in [0.05, 0.1) is 0 Å². The topological polar surface area (TPSA) is 215 Å². The molecule has 0 unspecified atom stereocenters. The molecule has 3 amide bonds. The van der Waals surface area contributed by atoms with Crippen molar-refractivity contribution in [1.29, 1.82) is 0 Å². The highest BCUT2D eigenvalue weighted by atomic mass is 16.6. The summed E-state index contributed by atoms with van der Waals surface area (Å²) in [6, 6.07) is 4.72. The summed E-state index contributed by atoms with van der Waals surface area (Å²) in [5, 5.41) is 12.2. The molecule has 0 spiro atoms. The second kappa shape index (κ2) is 25.8. The Morgan fingerprint density at radius 3 is 1.74 bits per heavy atom. The van der Waals surface area contributed by atoms with Crippen molar-refractivity contribution in [2.24, 2.45) is 11.8 Å². The maximum Gasteiger partial charge on any atom is 0.344 e. The number of carbonyl (C=O) groups excluding carboxylic acids is 7. The third kappa shape index (κ3) is 16.0. The number of nitrogens with one attached hydrogen (secondary N) is 1. The Balaban J connectivity index is 2.33. The second-order valence-corrected chi connectivity index (χ2v) is 16.9. The highest BCUT2D eigenvalue weighted by Crippen LogP contribution is 2.24. The van der Waals surface area contributed by atoms with Crippen LogP contribution in [0.2, 0.25) is 0 Å². The highest BCUT2D eigenvalue weighted by molar-refractivity contribution is 5.93. The van der Waals surface area contributed by atoms with Crippen LogP contribution < -0.4 is 5.32 Å². The number of piperidine rings is 1. The van der Waals surface area contributed by atoms with Gasteiger partial charge in [-0.1, -0.05) is 77.8 Å². The van der Waals surface area contributed by atoms with Gasteiger partial charge in [0.15, 0.2) is 24.4 Å². The molecule has 1 aliphatic heterocycles. The number of aliphatic carboxylic acids is 1. The highest BCUT2D eigenvalue weighted by Gasteiger charge is 2.42. The maximum atomic E-state index is 14.3. The molecule has 8 atom stereocenters. The van der Waals surface area contributed by atoms with E-state index in [0.29, 0.717) is 24.8 Å². The number of hydrogen-bond donors (Lipinski definition) is 2. The van der Waals surface area contributed by atoms with Gasteiger partial charge in [-0.3, -0.25) is 19.2 Å². The minimum atomic E-state index is -1.44. The predicted octanol–water partition coefficient (Wildman–Crippen LogP) is 3.93. The lowest BCUT2D eigenvalue weighted by atomic mass is 9.99. The largest absolute Gasteiger partial charge is 0.479 e. The number of unbranched alkanes of at least 4 members (excludes halogenated alkanes) is 1. The third-order valence-corrected chi connectivity index (χ3v) is 10.8. The fourth-order valence-corrected chi connectivity index (χ4v) is 7.15. The van der Waals surface area contributed by atoms with Gasteiger partial charge in [0.2, 0.25) is 0 Å². The zero-order valence-corrected chi connectivity index (χ0v) is 38.4. The van der Waals surface area contributed by atoms with Crippen molar-refractivity contribution < 1.29 is 62.4 Å². The summed E-state index contributed by atoms with van der Waals surface area (Å²) in [5.41, 5.74) is 0.653. The molecule has 0 aromatic heterocycles. The van der Waals surface area contributed by atoms with Crippen LogP contribution in [0.15, 0.2) is 30.3 Å². The number of ether oxygens (including phenoxy) is 4. The van der Waals surface area contributed by atoms with Gasteiger partial charge in [0.25, 0.3) is 17.7 Å². The van der Waals surface area contributed by atoms with Crippen LogP contribution in [0.5, 0.6) is 0 Å². The summed E-state index contributed by atoms with van der Waals surface area (Å²) < 4.78 is 22.3. The van der Waals surface area contributed by atoms with E-state index in [1.165, 1.54) is 39.8 Å². The van der Waals surface area contributed by atoms with Crippen LogP contribution in [0.25, 0.3) is 0 Å². The van der Waals surface area contributed by atoms with E-state index in [1.807, 2.05) is 34.6 Å². The number of benzene rings is 1. The van der Waals surface area contributed by atoms with Crippen LogP contribution in [-0.2, 0) is 63.7 Å². The number of nitrogens with zero attached hydrogens (tertiary/aromatic N) is 3. The lowest BCUT2D eigenvalue weighted by Crippen LogP contribution is -2.55. The van der Waals surface area contributed by atoms with E-state index in [0.717, 1.165) is 22.6 Å². The quantitative estimate of drug-likeness (QED) is 0.111. The fourth-order valence-electron chi connectivity index (χ4n) is 7.15. The molecule has 348 valence electrons. The lowest BCUT2D eigenvalue weighted by molar-refractivity contribution is -0.175. The molecule has 62 heavy (non-hydrogen) atoms. The van der Waals surface area contributed by atoms with E-state index in [2.05, 4.69) is 5.32 Å². The van der Waals surface area contributed by atoms with E-state index in [-0.39, 0.29) is 44.1 Å². The Labute approximate surface area is 366 Å². The first-order valence-electron chi connectivity index (χ1n) is 21.7. The van der Waals surface area contributed by atoms with E-state index < -0.39 is 96.2 Å². The lowest BCUT2D eigenvalue weighted by Gasteiger charge is -2.37. The van der Waals surface area contributed by atoms with Gasteiger partial charge in [0, 0.05) is 27.1 Å². The zero-order valence-electron chi connectivity index (χ0n) is 38.4. The molecule has 1 aromatic rings. The number of likely N-dealkylation sites (tertiary alicyclic amines) is 1. The van der Waals surface area contributed by atoms with Crippen molar-refractivity contribution in [3.63, 3.8) is 0 Å². The SMILES string of the molecule is CCCC[C@H](NC)C(=O)O[C@H](C)C(=O)N(C)[C@@H](CC(C)C)C(=O)O[C@H](C)C(=O)N(C)[C@@H](CC(C)C)C(=O)O[C@H](Cc1ccccc1)C(=O)N1CCCC[C@H]1C(=O)O[C@H](C)C(=O)O. The number of carboxylic acid groups (broad SMARTS) is 1. The van der Waals surface area contributed by atoms with Crippen LogP contribution in [0.1, 0.15) is 112 Å². The third-order valence-electron chi connectivity index (χ3n) is 10.8. The van der Waals surface area contributed by atoms with Crippen LogP contribution in [-0.4, -0.2) is 144 Å². The number of rotatable bonds is 24. The normalized spacial score (nSPS) is 17.4. The van der Waals surface area contributed by atoms with Gasteiger partial charge in [-0.15, -0.1) is 0 Å². The first-order valence-corrected chi connectivity index (χ1v) is 21.7. The fraction of sp³-hybridized carbons (Fsp3) is 0.689. The minimum Gasteiger partial charge on any atom is -0.479 e. The Kier molecular flexibility index (Phi) is 22.1. The van der Waals surface area contributed by atoms with Crippen LogP contribution in [0, 0.1) is 11.8 Å². The van der Waals surface area contributed by atoms with Gasteiger partial charge in [-0.2, -0.15) is 0 Å². The molecule has 2 N–H and O–H groups in total. The van der Waals surface area contributed by atoms with Gasteiger partial charge in [-0.25, -0.2) is 19.2 Å². The molecule has 1 aromatic carbocycles. The van der Waals surface area contributed by atoms with E-state index in [9.17, 15) is 43.5 Å². The number of esters is 4. The molecular formula is C45H70N4O13. The summed E-state index contributed by atoms with van der Waals surface area (Å²) in [4.78, 5) is 111. The summed E-state index contributed by atoms with van der Waals surface area (Å²) in [6.45, 7) is 13.5.